The van der Waals surface area contributed by atoms with Gasteiger partial charge >= 0.3 is 5.97 Å². The maximum absolute atomic E-state index is 12.4. The minimum absolute atomic E-state index is 0.0313. The fourth-order valence-electron chi connectivity index (χ4n) is 3.60. The highest BCUT2D eigenvalue weighted by molar-refractivity contribution is 6.33. The molecule has 8 heteroatoms. The number of aromatic amines is 1. The summed E-state index contributed by atoms with van der Waals surface area (Å²) in [5.74, 6) is -0.212. The normalized spacial score (nSPS) is 15.1. The van der Waals surface area contributed by atoms with Crippen LogP contribution in [0.1, 0.15) is 46.4 Å². The molecule has 1 atom stereocenters. The molecule has 1 aliphatic heterocycles. The average Bonchev–Trinajstić information content (AvgIpc) is 3.16. The predicted octanol–water partition coefficient (Wildman–Crippen LogP) is 4.45. The highest BCUT2D eigenvalue weighted by Gasteiger charge is 2.34. The Labute approximate surface area is 184 Å². The van der Waals surface area contributed by atoms with Gasteiger partial charge in [-0.2, -0.15) is 5.26 Å². The lowest BCUT2D eigenvalue weighted by molar-refractivity contribution is 0.0735. The van der Waals surface area contributed by atoms with E-state index in [2.05, 4.69) is 23.2 Å². The van der Waals surface area contributed by atoms with Gasteiger partial charge in [-0.05, 0) is 36.2 Å². The van der Waals surface area contributed by atoms with Crippen LogP contribution >= 0.6 is 11.6 Å². The lowest BCUT2D eigenvalue weighted by Gasteiger charge is -2.24. The van der Waals surface area contributed by atoms with Crippen LogP contribution in [0.25, 0.3) is 0 Å². The van der Waals surface area contributed by atoms with Crippen molar-refractivity contribution >= 4 is 17.6 Å². The molecule has 0 amide bonds. The van der Waals surface area contributed by atoms with Crippen molar-refractivity contribution in [3.05, 3.63) is 87.4 Å². The van der Waals surface area contributed by atoms with E-state index in [1.54, 1.807) is 48.5 Å². The van der Waals surface area contributed by atoms with Crippen molar-refractivity contribution in [2.24, 2.45) is 5.73 Å². The number of aromatic nitrogens is 2. The summed E-state index contributed by atoms with van der Waals surface area (Å²) in [6.07, 6.45) is 1.66. The van der Waals surface area contributed by atoms with E-state index in [1.807, 2.05) is 0 Å². The van der Waals surface area contributed by atoms with E-state index >= 15 is 0 Å². The smallest absolute Gasteiger partial charge is 0.345 e. The number of benzene rings is 2. The van der Waals surface area contributed by atoms with Gasteiger partial charge in [0.05, 0.1) is 16.5 Å². The number of nitrogens with two attached hydrogens (primary N) is 1. The third-order valence-electron chi connectivity index (χ3n) is 5.04. The monoisotopic (exact) mass is 434 g/mol. The summed E-state index contributed by atoms with van der Waals surface area (Å²) in [5.41, 5.74) is 9.09. The summed E-state index contributed by atoms with van der Waals surface area (Å²) >= 11 is 6.07. The standard InChI is InChI=1S/C23H19ClN4O3/c1-2-5-18-20-19(16(12-25)21(26)31-22(20)28-27-18)13-8-10-14(11-9-13)30-23(29)15-6-3-4-7-17(15)24/h3-4,6-11,19H,2,5,26H2,1H3,(H,27,28)/t19-/m1/s1. The predicted molar refractivity (Wildman–Crippen MR) is 115 cm³/mol. The number of hydrogen-bond donors (Lipinski definition) is 2. The third-order valence-corrected chi connectivity index (χ3v) is 5.37. The lowest BCUT2D eigenvalue weighted by atomic mass is 9.83. The number of allylic oxidation sites excluding steroid dienone is 1. The largest absolute Gasteiger partial charge is 0.423 e. The molecule has 7 nitrogen and oxygen atoms in total. The Morgan fingerprint density at radius 3 is 2.71 bits per heavy atom. The molecule has 0 bridgehead atoms. The number of nitriles is 1. The van der Waals surface area contributed by atoms with Gasteiger partial charge in [-0.25, -0.2) is 4.79 Å². The van der Waals surface area contributed by atoms with Crippen molar-refractivity contribution in [1.29, 1.82) is 5.26 Å². The van der Waals surface area contributed by atoms with E-state index in [9.17, 15) is 10.1 Å². The molecule has 0 aliphatic carbocycles. The van der Waals surface area contributed by atoms with Gasteiger partial charge < -0.3 is 15.2 Å². The number of carbonyl (C=O) groups excluding carboxylic acids is 1. The van der Waals surface area contributed by atoms with E-state index in [1.165, 1.54) is 0 Å². The van der Waals surface area contributed by atoms with Crippen LogP contribution in [-0.4, -0.2) is 16.2 Å². The molecule has 1 aliphatic rings. The molecule has 2 heterocycles. The first-order valence-corrected chi connectivity index (χ1v) is 10.1. The number of carbonyl (C=O) groups is 1. The molecule has 156 valence electrons. The van der Waals surface area contributed by atoms with Crippen LogP contribution in [0.2, 0.25) is 5.02 Å². The topological polar surface area (TPSA) is 114 Å². The Morgan fingerprint density at radius 2 is 2.03 bits per heavy atom. The first kappa shape index (κ1) is 20.5. The van der Waals surface area contributed by atoms with Gasteiger partial charge in [-0.1, -0.05) is 49.2 Å². The van der Waals surface area contributed by atoms with Gasteiger partial charge in [0.2, 0.25) is 11.8 Å². The number of nitrogens with zero attached hydrogens (tertiary/aromatic N) is 2. The number of halogens is 1. The van der Waals surface area contributed by atoms with Crippen molar-refractivity contribution in [3.8, 4) is 17.7 Å². The van der Waals surface area contributed by atoms with Crippen LogP contribution in [0.15, 0.2) is 60.0 Å². The van der Waals surface area contributed by atoms with E-state index in [4.69, 9.17) is 26.8 Å². The SMILES string of the molecule is CCCc1[nH]nc2c1[C@H](c1ccc(OC(=O)c3ccccc3Cl)cc1)C(C#N)=C(N)O2. The van der Waals surface area contributed by atoms with Crippen molar-refractivity contribution in [1.82, 2.24) is 10.2 Å². The number of hydrogen-bond acceptors (Lipinski definition) is 6. The van der Waals surface area contributed by atoms with Gasteiger partial charge in [-0.15, -0.1) is 5.10 Å². The Balaban J connectivity index is 1.66. The minimum Gasteiger partial charge on any atom is -0.423 e. The van der Waals surface area contributed by atoms with Gasteiger partial charge in [0.15, 0.2) is 0 Å². The van der Waals surface area contributed by atoms with Gasteiger partial charge in [0.1, 0.15) is 17.4 Å². The first-order chi connectivity index (χ1) is 15.0. The second-order valence-electron chi connectivity index (χ2n) is 7.03. The Hall–Kier alpha value is -3.76. The first-order valence-electron chi connectivity index (χ1n) is 9.74. The second kappa shape index (κ2) is 8.54. The zero-order chi connectivity index (χ0) is 22.0. The number of nitrogens with one attached hydrogen (secondary N) is 1. The molecular weight excluding hydrogens is 416 g/mol. The quantitative estimate of drug-likeness (QED) is 0.452. The van der Waals surface area contributed by atoms with Crippen molar-refractivity contribution in [3.63, 3.8) is 0 Å². The second-order valence-corrected chi connectivity index (χ2v) is 7.44. The van der Waals surface area contributed by atoms with Crippen LogP contribution in [0.3, 0.4) is 0 Å². The van der Waals surface area contributed by atoms with Crippen LogP contribution < -0.4 is 15.2 Å². The summed E-state index contributed by atoms with van der Waals surface area (Å²) in [4.78, 5) is 12.4. The summed E-state index contributed by atoms with van der Waals surface area (Å²) in [5, 5.41) is 17.3. The molecule has 3 N–H and O–H groups in total. The van der Waals surface area contributed by atoms with Crippen molar-refractivity contribution in [2.75, 3.05) is 0 Å². The number of H-pyrrole nitrogens is 1. The van der Waals surface area contributed by atoms with Crippen molar-refractivity contribution < 1.29 is 14.3 Å². The Kier molecular flexibility index (Phi) is 5.65. The molecular formula is C23H19ClN4O3. The van der Waals surface area contributed by atoms with Crippen LogP contribution in [0, 0.1) is 11.3 Å². The molecule has 4 rings (SSSR count). The molecule has 0 saturated carbocycles. The van der Waals surface area contributed by atoms with Crippen molar-refractivity contribution in [2.45, 2.75) is 25.7 Å². The number of aryl methyl sites for hydroxylation is 1. The zero-order valence-electron chi connectivity index (χ0n) is 16.7. The highest BCUT2D eigenvalue weighted by atomic mass is 35.5. The fraction of sp³-hybridized carbons (Fsp3) is 0.174. The third kappa shape index (κ3) is 3.86. The molecule has 1 aromatic heterocycles. The fourth-order valence-corrected chi connectivity index (χ4v) is 3.81. The summed E-state index contributed by atoms with van der Waals surface area (Å²) in [6.45, 7) is 2.06. The Morgan fingerprint density at radius 1 is 1.29 bits per heavy atom. The lowest BCUT2D eigenvalue weighted by Crippen LogP contribution is -2.21. The number of ether oxygens (including phenoxy) is 2. The molecule has 0 radical (unpaired) electrons. The van der Waals surface area contributed by atoms with E-state index in [0.29, 0.717) is 22.2 Å². The molecule has 0 saturated heterocycles. The van der Waals surface area contributed by atoms with Gasteiger partial charge in [-0.3, -0.25) is 5.10 Å². The molecule has 2 aromatic carbocycles. The minimum atomic E-state index is -0.548. The molecule has 0 unspecified atom stereocenters. The van der Waals surface area contributed by atoms with Crippen LogP contribution in [-0.2, 0) is 6.42 Å². The molecule has 0 fully saturated rings. The van der Waals surface area contributed by atoms with Gasteiger partial charge in [0, 0.05) is 11.3 Å². The highest BCUT2D eigenvalue weighted by Crippen LogP contribution is 2.43. The van der Waals surface area contributed by atoms with E-state index in [-0.39, 0.29) is 11.4 Å². The summed E-state index contributed by atoms with van der Waals surface area (Å²) < 4.78 is 11.0. The maximum atomic E-state index is 12.4. The van der Waals surface area contributed by atoms with E-state index in [0.717, 1.165) is 29.7 Å². The molecule has 0 spiro atoms. The maximum Gasteiger partial charge on any atom is 0.345 e. The Bertz CT molecular complexity index is 1210. The number of fused-ring (bicyclic) bond motifs is 1. The molecule has 31 heavy (non-hydrogen) atoms. The summed E-state index contributed by atoms with van der Waals surface area (Å²) in [7, 11) is 0. The number of rotatable bonds is 5. The molecule has 3 aromatic rings. The van der Waals surface area contributed by atoms with Crippen LogP contribution in [0.5, 0.6) is 11.6 Å². The summed E-state index contributed by atoms with van der Waals surface area (Å²) in [6, 6.07) is 15.8. The number of esters is 1. The van der Waals surface area contributed by atoms with Gasteiger partial charge in [0.25, 0.3) is 0 Å². The van der Waals surface area contributed by atoms with E-state index < -0.39 is 11.9 Å². The average molecular weight is 435 g/mol. The zero-order valence-corrected chi connectivity index (χ0v) is 17.4. The van der Waals surface area contributed by atoms with Crippen LogP contribution in [0.4, 0.5) is 0 Å².